The zero-order valence-corrected chi connectivity index (χ0v) is 25.3. The maximum atomic E-state index is 8.94. The second-order valence-electron chi connectivity index (χ2n) is 8.45. The van der Waals surface area contributed by atoms with Crippen LogP contribution in [-0.2, 0) is 65.3 Å². The molecule has 1 aromatic rings. The van der Waals surface area contributed by atoms with Crippen molar-refractivity contribution in [2.24, 2.45) is 0 Å². The topological polar surface area (TPSA) is 152 Å². The minimum atomic E-state index is -0.115. The molecule has 248 valence electrons. The van der Waals surface area contributed by atoms with E-state index in [1.807, 2.05) is 6.92 Å². The van der Waals surface area contributed by atoms with E-state index in [0.29, 0.717) is 158 Å². The molecule has 0 radical (unpaired) electrons. The lowest BCUT2D eigenvalue weighted by Crippen LogP contribution is -2.15. The zero-order valence-electron chi connectivity index (χ0n) is 25.3. The number of aliphatic hydroxyl groups excluding tert-OH is 1. The Hall–Kier alpha value is -1.34. The van der Waals surface area contributed by atoms with Gasteiger partial charge >= 0.3 is 0 Å². The molecule has 0 aliphatic heterocycles. The Morgan fingerprint density at radius 3 is 1.02 bits per heavy atom. The highest BCUT2D eigenvalue weighted by molar-refractivity contribution is 4.88. The third kappa shape index (κ3) is 27.5. The smallest absolute Gasteiger partial charge is 0.108 e. The van der Waals surface area contributed by atoms with Crippen LogP contribution in [0.5, 0.6) is 0 Å². The highest BCUT2D eigenvalue weighted by Crippen LogP contribution is 1.92. The first-order chi connectivity index (χ1) is 20.9. The first-order valence-corrected chi connectivity index (χ1v) is 14.7. The standard InChI is InChI=1S/C27H53N3O12/c1-2-32-5-6-34-9-10-36-13-14-38-17-18-40-21-22-42-24-23-41-20-19-39-16-15-37-12-11-35-8-7-33-4-3-30-25-27(26-31)28-29-30/h25,31H,2-24,26H2,1H3. The molecule has 0 bridgehead atoms. The third-order valence-electron chi connectivity index (χ3n) is 5.14. The Morgan fingerprint density at radius 2 is 0.762 bits per heavy atom. The lowest BCUT2D eigenvalue weighted by atomic mass is 10.5. The van der Waals surface area contributed by atoms with Gasteiger partial charge in [-0.05, 0) is 6.92 Å². The number of hydrogen-bond donors (Lipinski definition) is 1. The van der Waals surface area contributed by atoms with Crippen LogP contribution in [-0.4, -0.2) is 165 Å². The summed E-state index contributed by atoms with van der Waals surface area (Å²) in [4.78, 5) is 0. The van der Waals surface area contributed by atoms with Crippen molar-refractivity contribution in [3.05, 3.63) is 11.9 Å². The molecule has 0 aromatic carbocycles. The average Bonchev–Trinajstić information content (AvgIpc) is 3.47. The summed E-state index contributed by atoms with van der Waals surface area (Å²) in [6.45, 7) is 14.1. The number of aliphatic hydroxyl groups is 1. The number of rotatable bonds is 35. The number of ether oxygens (including phenoxy) is 11. The fraction of sp³-hybridized carbons (Fsp3) is 0.926. The van der Waals surface area contributed by atoms with E-state index in [9.17, 15) is 0 Å². The molecule has 1 N–H and O–H groups in total. The molecular weight excluding hydrogens is 558 g/mol. The lowest BCUT2D eigenvalue weighted by Gasteiger charge is -2.09. The van der Waals surface area contributed by atoms with E-state index in [0.717, 1.165) is 0 Å². The third-order valence-corrected chi connectivity index (χ3v) is 5.14. The van der Waals surface area contributed by atoms with Gasteiger partial charge in [0.1, 0.15) is 5.69 Å². The highest BCUT2D eigenvalue weighted by Gasteiger charge is 1.99. The van der Waals surface area contributed by atoms with Crippen molar-refractivity contribution in [1.29, 1.82) is 0 Å². The quantitative estimate of drug-likeness (QED) is 0.102. The van der Waals surface area contributed by atoms with Crippen LogP contribution in [0.3, 0.4) is 0 Å². The van der Waals surface area contributed by atoms with E-state index >= 15 is 0 Å². The van der Waals surface area contributed by atoms with Crippen molar-refractivity contribution in [1.82, 2.24) is 15.0 Å². The Balaban J connectivity index is 1.62. The summed E-state index contributed by atoms with van der Waals surface area (Å²) in [5.74, 6) is 0. The number of hydrogen-bond acceptors (Lipinski definition) is 14. The van der Waals surface area contributed by atoms with Gasteiger partial charge in [0.2, 0.25) is 0 Å². The van der Waals surface area contributed by atoms with Gasteiger partial charge < -0.3 is 57.2 Å². The maximum Gasteiger partial charge on any atom is 0.108 e. The predicted molar refractivity (Wildman–Crippen MR) is 151 cm³/mol. The molecular formula is C27H53N3O12. The molecule has 0 aliphatic carbocycles. The first kappa shape index (κ1) is 38.7. The molecule has 0 atom stereocenters. The number of nitrogens with zero attached hydrogens (tertiary/aromatic N) is 3. The van der Waals surface area contributed by atoms with Gasteiger partial charge in [0.05, 0.1) is 158 Å². The minimum absolute atomic E-state index is 0.115. The summed E-state index contributed by atoms with van der Waals surface area (Å²) >= 11 is 0. The fourth-order valence-corrected chi connectivity index (χ4v) is 3.02. The molecule has 42 heavy (non-hydrogen) atoms. The summed E-state index contributed by atoms with van der Waals surface area (Å²) in [7, 11) is 0. The molecule has 0 amide bonds. The van der Waals surface area contributed by atoms with E-state index in [1.165, 1.54) is 0 Å². The second-order valence-corrected chi connectivity index (χ2v) is 8.45. The molecule has 0 fully saturated rings. The van der Waals surface area contributed by atoms with Crippen molar-refractivity contribution in [2.45, 2.75) is 20.1 Å². The Labute approximate surface area is 249 Å². The van der Waals surface area contributed by atoms with Gasteiger partial charge in [0.15, 0.2) is 0 Å². The van der Waals surface area contributed by atoms with Crippen LogP contribution >= 0.6 is 0 Å². The SMILES string of the molecule is CCOCCOCCOCCOCCOCCOCCOCCOCCOCCOCCOCCn1cc(CO)nn1. The molecule has 0 unspecified atom stereocenters. The number of aromatic nitrogens is 3. The molecule has 0 aliphatic rings. The van der Waals surface area contributed by atoms with Gasteiger partial charge in [-0.25, -0.2) is 4.68 Å². The van der Waals surface area contributed by atoms with Gasteiger partial charge in [-0.2, -0.15) is 0 Å². The summed E-state index contributed by atoms with van der Waals surface area (Å²) in [6.07, 6.45) is 1.69. The van der Waals surface area contributed by atoms with E-state index in [4.69, 9.17) is 57.2 Å². The van der Waals surface area contributed by atoms with Gasteiger partial charge in [-0.1, -0.05) is 5.21 Å². The highest BCUT2D eigenvalue weighted by atomic mass is 16.6. The van der Waals surface area contributed by atoms with Crippen LogP contribution < -0.4 is 0 Å². The van der Waals surface area contributed by atoms with Crippen LogP contribution in [0.25, 0.3) is 0 Å². The first-order valence-electron chi connectivity index (χ1n) is 14.7. The van der Waals surface area contributed by atoms with Gasteiger partial charge in [0.25, 0.3) is 0 Å². The minimum Gasteiger partial charge on any atom is -0.390 e. The molecule has 0 spiro atoms. The van der Waals surface area contributed by atoms with Crippen molar-refractivity contribution in [3.63, 3.8) is 0 Å². The summed E-state index contributed by atoms with van der Waals surface area (Å²) < 4.78 is 61.2. The van der Waals surface area contributed by atoms with E-state index in [1.54, 1.807) is 10.9 Å². The summed E-state index contributed by atoms with van der Waals surface area (Å²) in [5, 5.41) is 16.6. The van der Waals surface area contributed by atoms with Gasteiger partial charge in [-0.15, -0.1) is 5.10 Å². The second kappa shape index (κ2) is 32.6. The average molecular weight is 612 g/mol. The van der Waals surface area contributed by atoms with Crippen LogP contribution in [0.4, 0.5) is 0 Å². The van der Waals surface area contributed by atoms with Gasteiger partial charge in [-0.3, -0.25) is 0 Å². The fourth-order valence-electron chi connectivity index (χ4n) is 3.02. The van der Waals surface area contributed by atoms with E-state index < -0.39 is 0 Å². The summed E-state index contributed by atoms with van der Waals surface area (Å²) in [6, 6.07) is 0. The predicted octanol–water partition coefficient (Wildman–Crippen LogP) is -0.0271. The Bertz CT molecular complexity index is 660. The Kier molecular flexibility index (Phi) is 30.0. The van der Waals surface area contributed by atoms with E-state index in [2.05, 4.69) is 10.3 Å². The largest absolute Gasteiger partial charge is 0.390 e. The molecule has 15 nitrogen and oxygen atoms in total. The molecule has 1 aromatic heterocycles. The molecule has 0 saturated heterocycles. The molecule has 15 heteroatoms. The van der Waals surface area contributed by atoms with Crippen LogP contribution in [0.15, 0.2) is 6.20 Å². The lowest BCUT2D eigenvalue weighted by molar-refractivity contribution is -0.0274. The van der Waals surface area contributed by atoms with E-state index in [-0.39, 0.29) is 6.61 Å². The normalized spacial score (nSPS) is 11.6. The van der Waals surface area contributed by atoms with Crippen molar-refractivity contribution in [2.75, 3.05) is 145 Å². The summed E-state index contributed by atoms with van der Waals surface area (Å²) in [5.41, 5.74) is 0.542. The van der Waals surface area contributed by atoms with Crippen LogP contribution in [0, 0.1) is 0 Å². The van der Waals surface area contributed by atoms with Crippen molar-refractivity contribution >= 4 is 0 Å². The monoisotopic (exact) mass is 611 g/mol. The molecule has 0 saturated carbocycles. The Morgan fingerprint density at radius 1 is 0.476 bits per heavy atom. The maximum absolute atomic E-state index is 8.94. The van der Waals surface area contributed by atoms with Crippen molar-refractivity contribution < 1.29 is 57.2 Å². The van der Waals surface area contributed by atoms with Crippen molar-refractivity contribution in [3.8, 4) is 0 Å². The van der Waals surface area contributed by atoms with Crippen LogP contribution in [0.2, 0.25) is 0 Å². The van der Waals surface area contributed by atoms with Gasteiger partial charge in [0, 0.05) is 6.61 Å². The zero-order chi connectivity index (χ0) is 30.0. The molecule has 1 rings (SSSR count). The van der Waals surface area contributed by atoms with Crippen LogP contribution in [0.1, 0.15) is 12.6 Å². The molecule has 1 heterocycles.